The van der Waals surface area contributed by atoms with Crippen LogP contribution in [0.3, 0.4) is 0 Å². The second-order valence-corrected chi connectivity index (χ2v) is 7.17. The Morgan fingerprint density at radius 3 is 3.00 bits per heavy atom. The maximum atomic E-state index is 11.6. The number of nitrogens with zero attached hydrogens (tertiary/aromatic N) is 2. The van der Waals surface area contributed by atoms with Crippen LogP contribution in [0.2, 0.25) is 0 Å². The second kappa shape index (κ2) is 5.88. The van der Waals surface area contributed by atoms with Crippen molar-refractivity contribution in [3.05, 3.63) is 24.0 Å². The lowest BCUT2D eigenvalue weighted by Gasteiger charge is -2.35. The van der Waals surface area contributed by atoms with Crippen molar-refractivity contribution in [3.8, 4) is 0 Å². The molecular formula is C13H21N3O2S. The van der Waals surface area contributed by atoms with E-state index in [4.69, 9.17) is 0 Å². The van der Waals surface area contributed by atoms with Crippen LogP contribution < -0.4 is 10.2 Å². The number of nitrogens with one attached hydrogen (secondary N) is 1. The number of rotatable bonds is 4. The van der Waals surface area contributed by atoms with Crippen LogP contribution in [-0.2, 0) is 16.4 Å². The van der Waals surface area contributed by atoms with Crippen LogP contribution in [0.5, 0.6) is 0 Å². The molecular weight excluding hydrogens is 262 g/mol. The highest BCUT2D eigenvalue weighted by Crippen LogP contribution is 2.21. The van der Waals surface area contributed by atoms with Crippen LogP contribution in [0.15, 0.2) is 18.3 Å². The molecule has 1 N–H and O–H groups in total. The molecule has 1 aliphatic rings. The van der Waals surface area contributed by atoms with Crippen LogP contribution in [0.25, 0.3) is 0 Å². The average Bonchev–Trinajstić information content (AvgIpc) is 2.35. The van der Waals surface area contributed by atoms with E-state index in [2.05, 4.69) is 22.1 Å². The summed E-state index contributed by atoms with van der Waals surface area (Å²) in [6, 6.07) is 4.01. The number of hydrogen-bond acceptors (Lipinski definition) is 5. The minimum Gasteiger partial charge on any atom is -0.367 e. The van der Waals surface area contributed by atoms with Crippen molar-refractivity contribution in [2.24, 2.45) is 0 Å². The molecule has 0 radical (unpaired) electrons. The number of pyridine rings is 1. The van der Waals surface area contributed by atoms with Crippen molar-refractivity contribution in [2.45, 2.75) is 26.4 Å². The van der Waals surface area contributed by atoms with Crippen molar-refractivity contribution < 1.29 is 8.42 Å². The fourth-order valence-corrected chi connectivity index (χ4v) is 3.93. The quantitative estimate of drug-likeness (QED) is 0.886. The van der Waals surface area contributed by atoms with Crippen molar-refractivity contribution in [3.63, 3.8) is 0 Å². The highest BCUT2D eigenvalue weighted by atomic mass is 32.2. The molecule has 106 valence electrons. The molecule has 1 fully saturated rings. The Kier molecular flexibility index (Phi) is 4.42. The van der Waals surface area contributed by atoms with Gasteiger partial charge in [-0.2, -0.15) is 0 Å². The van der Waals surface area contributed by atoms with Crippen LogP contribution in [-0.4, -0.2) is 44.0 Å². The molecule has 1 unspecified atom stereocenters. The smallest absolute Gasteiger partial charge is 0.154 e. The summed E-state index contributed by atoms with van der Waals surface area (Å²) in [5.74, 6) is 0.472. The first-order chi connectivity index (χ1) is 9.02. The van der Waals surface area contributed by atoms with Gasteiger partial charge in [0.15, 0.2) is 9.84 Å². The minimum absolute atomic E-state index is 0.0214. The number of hydrogen-bond donors (Lipinski definition) is 1. The Bertz CT molecular complexity index is 530. The van der Waals surface area contributed by atoms with Gasteiger partial charge in [-0.25, -0.2) is 8.42 Å². The Morgan fingerprint density at radius 1 is 1.53 bits per heavy atom. The molecule has 6 heteroatoms. The zero-order chi connectivity index (χ0) is 13.9. The maximum absolute atomic E-state index is 11.6. The van der Waals surface area contributed by atoms with Gasteiger partial charge in [-0.15, -0.1) is 0 Å². The first-order valence-corrected chi connectivity index (χ1v) is 8.46. The monoisotopic (exact) mass is 283 g/mol. The first-order valence-electron chi connectivity index (χ1n) is 6.64. The number of aromatic nitrogens is 1. The van der Waals surface area contributed by atoms with E-state index >= 15 is 0 Å². The lowest BCUT2D eigenvalue weighted by Crippen LogP contribution is -2.47. The molecule has 0 aromatic carbocycles. The molecule has 1 atom stereocenters. The van der Waals surface area contributed by atoms with Crippen LogP contribution in [0.4, 0.5) is 5.69 Å². The Hall–Kier alpha value is -1.14. The van der Waals surface area contributed by atoms with E-state index in [0.717, 1.165) is 24.5 Å². The van der Waals surface area contributed by atoms with E-state index in [1.165, 1.54) is 0 Å². The van der Waals surface area contributed by atoms with Gasteiger partial charge in [-0.05, 0) is 25.6 Å². The highest BCUT2D eigenvalue weighted by Gasteiger charge is 2.28. The summed E-state index contributed by atoms with van der Waals surface area (Å²) >= 11 is 0. The van der Waals surface area contributed by atoms with E-state index in [-0.39, 0.29) is 17.5 Å². The highest BCUT2D eigenvalue weighted by molar-refractivity contribution is 7.91. The van der Waals surface area contributed by atoms with E-state index in [1.807, 2.05) is 19.1 Å². The Balaban J connectivity index is 2.13. The minimum atomic E-state index is -2.87. The van der Waals surface area contributed by atoms with Gasteiger partial charge in [0.05, 0.1) is 17.2 Å². The fraction of sp³-hybridized carbons (Fsp3) is 0.615. The molecule has 1 aliphatic heterocycles. The fourth-order valence-electron chi connectivity index (χ4n) is 2.38. The topological polar surface area (TPSA) is 62.3 Å². The summed E-state index contributed by atoms with van der Waals surface area (Å²) in [4.78, 5) is 6.47. The molecule has 1 saturated heterocycles. The lowest BCUT2D eigenvalue weighted by molar-refractivity contribution is 0.568. The molecule has 0 saturated carbocycles. The van der Waals surface area contributed by atoms with Gasteiger partial charge in [-0.1, -0.05) is 6.92 Å². The molecule has 2 rings (SSSR count). The zero-order valence-electron chi connectivity index (χ0n) is 11.5. The summed E-state index contributed by atoms with van der Waals surface area (Å²) in [6.07, 6.45) is 1.79. The summed E-state index contributed by atoms with van der Waals surface area (Å²) in [7, 11) is -2.87. The molecule has 2 heterocycles. The molecule has 0 aliphatic carbocycles. The van der Waals surface area contributed by atoms with Crippen molar-refractivity contribution >= 4 is 15.5 Å². The summed E-state index contributed by atoms with van der Waals surface area (Å²) in [6.45, 7) is 6.23. The number of sulfone groups is 1. The predicted molar refractivity (Wildman–Crippen MR) is 77.1 cm³/mol. The second-order valence-electron chi connectivity index (χ2n) is 4.94. The van der Waals surface area contributed by atoms with Gasteiger partial charge in [0.25, 0.3) is 0 Å². The Morgan fingerprint density at radius 2 is 2.32 bits per heavy atom. The van der Waals surface area contributed by atoms with Gasteiger partial charge in [0, 0.05) is 31.0 Å². The zero-order valence-corrected chi connectivity index (χ0v) is 12.3. The van der Waals surface area contributed by atoms with Crippen LogP contribution in [0, 0.1) is 0 Å². The largest absolute Gasteiger partial charge is 0.367 e. The average molecular weight is 283 g/mol. The van der Waals surface area contributed by atoms with E-state index in [1.54, 1.807) is 6.20 Å². The van der Waals surface area contributed by atoms with E-state index in [0.29, 0.717) is 6.54 Å². The normalized spacial score (nSPS) is 22.4. The SMILES string of the molecule is CCNCc1cc(N2CCS(=O)(=O)CC2C)ccn1. The van der Waals surface area contributed by atoms with Gasteiger partial charge in [0.1, 0.15) is 0 Å². The van der Waals surface area contributed by atoms with Gasteiger partial charge < -0.3 is 10.2 Å². The van der Waals surface area contributed by atoms with Gasteiger partial charge in [-0.3, -0.25) is 4.98 Å². The van der Waals surface area contributed by atoms with Crippen LogP contribution in [0.1, 0.15) is 19.5 Å². The molecule has 0 amide bonds. The third-order valence-corrected chi connectivity index (χ3v) is 5.15. The molecule has 19 heavy (non-hydrogen) atoms. The summed E-state index contributed by atoms with van der Waals surface area (Å²) < 4.78 is 23.2. The Labute approximate surface area is 114 Å². The lowest BCUT2D eigenvalue weighted by atomic mass is 10.2. The summed E-state index contributed by atoms with van der Waals surface area (Å²) in [5.41, 5.74) is 2.05. The number of anilines is 1. The summed E-state index contributed by atoms with van der Waals surface area (Å²) in [5, 5.41) is 3.24. The van der Waals surface area contributed by atoms with E-state index < -0.39 is 9.84 Å². The van der Waals surface area contributed by atoms with Crippen molar-refractivity contribution in [1.82, 2.24) is 10.3 Å². The molecule has 0 bridgehead atoms. The molecule has 5 nitrogen and oxygen atoms in total. The van der Waals surface area contributed by atoms with Gasteiger partial charge >= 0.3 is 0 Å². The molecule has 0 spiro atoms. The third-order valence-electron chi connectivity index (χ3n) is 3.36. The molecule has 1 aromatic rings. The third kappa shape index (κ3) is 3.67. The maximum Gasteiger partial charge on any atom is 0.154 e. The standard InChI is InChI=1S/C13H21N3O2S/c1-3-14-9-12-8-13(4-5-15-12)16-6-7-19(17,18)10-11(16)2/h4-5,8,11,14H,3,6-7,9-10H2,1-2H3. The van der Waals surface area contributed by atoms with Gasteiger partial charge in [0.2, 0.25) is 0 Å². The van der Waals surface area contributed by atoms with Crippen LogP contribution >= 0.6 is 0 Å². The van der Waals surface area contributed by atoms with Crippen molar-refractivity contribution in [2.75, 3.05) is 29.5 Å². The first kappa shape index (κ1) is 14.3. The van der Waals surface area contributed by atoms with E-state index in [9.17, 15) is 8.42 Å². The predicted octanol–water partition coefficient (Wildman–Crippen LogP) is 0.814. The van der Waals surface area contributed by atoms with Crippen molar-refractivity contribution in [1.29, 1.82) is 0 Å². The molecule has 1 aromatic heterocycles.